The zero-order valence-corrected chi connectivity index (χ0v) is 11.0. The van der Waals surface area contributed by atoms with Crippen LogP contribution in [-0.4, -0.2) is 48.2 Å². The number of anilines is 1. The van der Waals surface area contributed by atoms with Gasteiger partial charge in [0.1, 0.15) is 6.04 Å². The smallest absolute Gasteiger partial charge is 0.320 e. The summed E-state index contributed by atoms with van der Waals surface area (Å²) < 4.78 is 0. The third-order valence-electron chi connectivity index (χ3n) is 3.59. The molecular weight excluding hydrogens is 228 g/mol. The predicted molar refractivity (Wildman–Crippen MR) is 72.1 cm³/mol. The summed E-state index contributed by atoms with van der Waals surface area (Å²) in [5.41, 5.74) is 2.49. The highest BCUT2D eigenvalue weighted by molar-refractivity contribution is 5.72. The maximum Gasteiger partial charge on any atom is 0.320 e. The molecule has 0 amide bonds. The Kier molecular flexibility index (Phi) is 3.87. The van der Waals surface area contributed by atoms with Crippen molar-refractivity contribution < 1.29 is 9.90 Å². The molecule has 2 rings (SSSR count). The minimum Gasteiger partial charge on any atom is -0.480 e. The van der Waals surface area contributed by atoms with Gasteiger partial charge in [0.2, 0.25) is 0 Å². The lowest BCUT2D eigenvalue weighted by Crippen LogP contribution is -2.51. The summed E-state index contributed by atoms with van der Waals surface area (Å²) in [6, 6.07) is 8.06. The van der Waals surface area contributed by atoms with Crippen molar-refractivity contribution in [1.29, 1.82) is 0 Å². The van der Waals surface area contributed by atoms with Gasteiger partial charge >= 0.3 is 5.97 Å². The van der Waals surface area contributed by atoms with E-state index >= 15 is 0 Å². The van der Waals surface area contributed by atoms with Crippen LogP contribution in [0.3, 0.4) is 0 Å². The molecule has 1 atom stereocenters. The summed E-state index contributed by atoms with van der Waals surface area (Å²) in [5, 5.41) is 9.00. The van der Waals surface area contributed by atoms with Crippen LogP contribution in [0.5, 0.6) is 0 Å². The van der Waals surface area contributed by atoms with Crippen LogP contribution < -0.4 is 4.90 Å². The van der Waals surface area contributed by atoms with Crippen LogP contribution in [-0.2, 0) is 4.79 Å². The van der Waals surface area contributed by atoms with Crippen LogP contribution in [0, 0.1) is 6.92 Å². The topological polar surface area (TPSA) is 43.8 Å². The molecule has 0 bridgehead atoms. The van der Waals surface area contributed by atoms with E-state index in [-0.39, 0.29) is 6.04 Å². The second-order valence-corrected chi connectivity index (χ2v) is 4.88. The van der Waals surface area contributed by atoms with Crippen molar-refractivity contribution in [2.45, 2.75) is 19.9 Å². The van der Waals surface area contributed by atoms with E-state index in [1.165, 1.54) is 11.3 Å². The largest absolute Gasteiger partial charge is 0.480 e. The molecule has 0 saturated carbocycles. The van der Waals surface area contributed by atoms with E-state index in [0.29, 0.717) is 0 Å². The maximum absolute atomic E-state index is 10.9. The monoisotopic (exact) mass is 248 g/mol. The minimum atomic E-state index is -0.737. The number of hydrogen-bond acceptors (Lipinski definition) is 3. The number of rotatable bonds is 3. The van der Waals surface area contributed by atoms with Gasteiger partial charge < -0.3 is 10.0 Å². The number of carboxylic acid groups (broad SMARTS) is 1. The Bertz CT molecular complexity index is 426. The highest BCUT2D eigenvalue weighted by atomic mass is 16.4. The molecule has 0 radical (unpaired) electrons. The Balaban J connectivity index is 1.96. The van der Waals surface area contributed by atoms with Gasteiger partial charge in [0.25, 0.3) is 0 Å². The molecular formula is C14H20N2O2. The first-order valence-corrected chi connectivity index (χ1v) is 6.36. The van der Waals surface area contributed by atoms with E-state index in [0.717, 1.165) is 26.2 Å². The van der Waals surface area contributed by atoms with Crippen molar-refractivity contribution in [3.8, 4) is 0 Å². The lowest BCUT2D eigenvalue weighted by atomic mass is 10.1. The van der Waals surface area contributed by atoms with E-state index < -0.39 is 5.97 Å². The summed E-state index contributed by atoms with van der Waals surface area (Å²) in [7, 11) is 0. The second kappa shape index (κ2) is 5.40. The summed E-state index contributed by atoms with van der Waals surface area (Å²) >= 11 is 0. The normalized spacial score (nSPS) is 18.7. The Morgan fingerprint density at radius 1 is 1.28 bits per heavy atom. The van der Waals surface area contributed by atoms with Crippen molar-refractivity contribution in [1.82, 2.24) is 4.90 Å². The summed E-state index contributed by atoms with van der Waals surface area (Å²) in [6.07, 6.45) is 0. The van der Waals surface area contributed by atoms with Gasteiger partial charge in [-0.15, -0.1) is 0 Å². The Morgan fingerprint density at radius 3 is 2.50 bits per heavy atom. The van der Waals surface area contributed by atoms with Gasteiger partial charge in [-0.25, -0.2) is 0 Å². The first-order valence-electron chi connectivity index (χ1n) is 6.36. The second-order valence-electron chi connectivity index (χ2n) is 4.88. The molecule has 1 aliphatic rings. The van der Waals surface area contributed by atoms with Crippen molar-refractivity contribution in [3.63, 3.8) is 0 Å². The average molecular weight is 248 g/mol. The van der Waals surface area contributed by atoms with Gasteiger partial charge in [-0.05, 0) is 31.5 Å². The lowest BCUT2D eigenvalue weighted by Gasteiger charge is -2.37. The van der Waals surface area contributed by atoms with Crippen LogP contribution in [0.4, 0.5) is 5.69 Å². The van der Waals surface area contributed by atoms with E-state index in [1.54, 1.807) is 6.92 Å². The van der Waals surface area contributed by atoms with Crippen molar-refractivity contribution in [2.75, 3.05) is 31.1 Å². The lowest BCUT2D eigenvalue weighted by molar-refractivity contribution is -0.142. The molecule has 1 heterocycles. The molecule has 18 heavy (non-hydrogen) atoms. The molecule has 4 nitrogen and oxygen atoms in total. The fourth-order valence-corrected chi connectivity index (χ4v) is 2.35. The number of nitrogens with zero attached hydrogens (tertiary/aromatic N) is 2. The molecule has 0 aromatic heterocycles. The number of carboxylic acids is 1. The summed E-state index contributed by atoms with van der Waals surface area (Å²) in [6.45, 7) is 7.24. The van der Waals surface area contributed by atoms with E-state index in [1.807, 2.05) is 4.90 Å². The van der Waals surface area contributed by atoms with Crippen LogP contribution in [0.1, 0.15) is 12.5 Å². The quantitative estimate of drug-likeness (QED) is 0.882. The number of piperazine rings is 1. The molecule has 1 unspecified atom stereocenters. The number of aliphatic carboxylic acids is 1. The summed E-state index contributed by atoms with van der Waals surface area (Å²) in [4.78, 5) is 15.3. The first kappa shape index (κ1) is 12.9. The predicted octanol–water partition coefficient (Wildman–Crippen LogP) is 1.59. The van der Waals surface area contributed by atoms with Crippen molar-refractivity contribution in [2.24, 2.45) is 0 Å². The van der Waals surface area contributed by atoms with Crippen LogP contribution in [0.15, 0.2) is 24.3 Å². The number of carbonyl (C=O) groups is 1. The highest BCUT2D eigenvalue weighted by Crippen LogP contribution is 2.18. The minimum absolute atomic E-state index is 0.385. The molecule has 1 aromatic rings. The van der Waals surface area contributed by atoms with Crippen LogP contribution >= 0.6 is 0 Å². The highest BCUT2D eigenvalue weighted by Gasteiger charge is 2.25. The number of hydrogen-bond donors (Lipinski definition) is 1. The molecule has 98 valence electrons. The van der Waals surface area contributed by atoms with E-state index in [9.17, 15) is 4.79 Å². The third-order valence-corrected chi connectivity index (χ3v) is 3.59. The maximum atomic E-state index is 10.9. The van der Waals surface area contributed by atoms with Crippen LogP contribution in [0.25, 0.3) is 0 Å². The van der Waals surface area contributed by atoms with Gasteiger partial charge in [-0.2, -0.15) is 0 Å². The van der Waals surface area contributed by atoms with Gasteiger partial charge in [0.05, 0.1) is 0 Å². The molecule has 1 aliphatic heterocycles. The fourth-order valence-electron chi connectivity index (χ4n) is 2.35. The molecule has 1 saturated heterocycles. The van der Waals surface area contributed by atoms with Crippen molar-refractivity contribution in [3.05, 3.63) is 29.8 Å². The Hall–Kier alpha value is -1.55. The van der Waals surface area contributed by atoms with Gasteiger partial charge in [0.15, 0.2) is 0 Å². The van der Waals surface area contributed by atoms with Crippen LogP contribution in [0.2, 0.25) is 0 Å². The first-order chi connectivity index (χ1) is 8.58. The van der Waals surface area contributed by atoms with Crippen molar-refractivity contribution >= 4 is 11.7 Å². The van der Waals surface area contributed by atoms with Gasteiger partial charge in [-0.1, -0.05) is 12.1 Å². The molecule has 0 spiro atoms. The Labute approximate surface area is 108 Å². The Morgan fingerprint density at radius 2 is 1.94 bits per heavy atom. The van der Waals surface area contributed by atoms with E-state index in [2.05, 4.69) is 36.1 Å². The molecule has 1 N–H and O–H groups in total. The molecule has 0 aliphatic carbocycles. The fraction of sp³-hybridized carbons (Fsp3) is 0.500. The zero-order valence-electron chi connectivity index (χ0n) is 11.0. The number of aryl methyl sites for hydroxylation is 1. The number of benzene rings is 1. The average Bonchev–Trinajstić information content (AvgIpc) is 2.38. The molecule has 4 heteroatoms. The SMILES string of the molecule is Cc1cccc(N2CCN(C(C)C(=O)O)CC2)c1. The van der Waals surface area contributed by atoms with E-state index in [4.69, 9.17) is 5.11 Å². The molecule has 1 aromatic carbocycles. The van der Waals surface area contributed by atoms with Gasteiger partial charge in [0, 0.05) is 31.9 Å². The van der Waals surface area contributed by atoms with Gasteiger partial charge in [-0.3, -0.25) is 9.69 Å². The molecule has 1 fully saturated rings. The summed E-state index contributed by atoms with van der Waals surface area (Å²) in [5.74, 6) is -0.737. The standard InChI is InChI=1S/C14H20N2O2/c1-11-4-3-5-13(10-11)16-8-6-15(7-9-16)12(2)14(17)18/h3-5,10,12H,6-9H2,1-2H3,(H,17,18). The third kappa shape index (κ3) is 2.82. The zero-order chi connectivity index (χ0) is 13.1.